The number of nitrogens with zero attached hydrogens (tertiary/aromatic N) is 2. The molecular weight excluding hydrogens is 1880 g/mol. The quantitative estimate of drug-likeness (QED) is 0.0337. The summed E-state index contributed by atoms with van der Waals surface area (Å²) < 4.78 is 107. The molecule has 3 N–H and O–H groups in total. The SMILES string of the molecule is C.CCCCCCCCCCCCCCCCC1(CCCCCCCCCCCCCCCC)OCC(COP(=O)([O-])OCC[N+](C)(C)C)O1.CCCCCCCCCCCCCCCCC1(CCCCCCCCCCCCCCCC)OCC(COP(=O)([O-])OCC[N+](C)(C)C)O1.CCCCCCCCCCCCCCCCC1(CCCCCCCCCCCCCCCC)OCC(COP(=O)([O-])OCC[NH3+])O1. The Morgan fingerprint density at radius 3 is 0.490 bits per heavy atom. The Bertz CT molecular complexity index is 2610. The molecule has 0 amide bonds. The molecule has 0 bridgehead atoms. The van der Waals surface area contributed by atoms with Crippen molar-refractivity contribution < 1.29 is 98.6 Å². The van der Waals surface area contributed by atoms with E-state index in [4.69, 9.17) is 55.6 Å². The summed E-state index contributed by atoms with van der Waals surface area (Å²) in [7, 11) is -1.08. The summed E-state index contributed by atoms with van der Waals surface area (Å²) in [6.45, 7) is 16.4. The average molecular weight is 2130 g/mol. The topological polar surface area (TPSA) is 259 Å². The summed E-state index contributed by atoms with van der Waals surface area (Å²) in [5, 5.41) is 0. The summed E-state index contributed by atoms with van der Waals surface area (Å²) in [6, 6.07) is 0. The third-order valence-electron chi connectivity index (χ3n) is 29.9. The van der Waals surface area contributed by atoms with Crippen LogP contribution in [0.4, 0.5) is 0 Å². The molecule has 0 saturated carbocycles. The van der Waals surface area contributed by atoms with Crippen molar-refractivity contribution in [2.75, 3.05) is 121 Å². The Balaban J connectivity index is 0.00000214. The molecule has 145 heavy (non-hydrogen) atoms. The van der Waals surface area contributed by atoms with Crippen molar-refractivity contribution in [3.05, 3.63) is 0 Å². The molecule has 6 unspecified atom stereocenters. The van der Waals surface area contributed by atoms with Crippen LogP contribution < -0.4 is 20.4 Å². The minimum atomic E-state index is -4.37. The largest absolute Gasteiger partial charge is 0.756 e. The van der Waals surface area contributed by atoms with Crippen molar-refractivity contribution in [2.45, 2.75) is 663 Å². The lowest BCUT2D eigenvalue weighted by molar-refractivity contribution is -0.870. The van der Waals surface area contributed by atoms with E-state index in [1.54, 1.807) is 0 Å². The highest BCUT2D eigenvalue weighted by atomic mass is 31.2. The molecule has 0 aromatic heterocycles. The van der Waals surface area contributed by atoms with Crippen molar-refractivity contribution in [1.29, 1.82) is 0 Å². The first-order valence-electron chi connectivity index (χ1n) is 62.9. The van der Waals surface area contributed by atoms with Crippen molar-refractivity contribution in [1.82, 2.24) is 0 Å². The van der Waals surface area contributed by atoms with Crippen LogP contribution in [0.2, 0.25) is 0 Å². The van der Waals surface area contributed by atoms with Gasteiger partial charge in [-0.1, -0.05) is 550 Å². The number of hydrogen-bond donors (Lipinski definition) is 1. The predicted octanol–water partition coefficient (Wildman–Crippen LogP) is 35.3. The molecule has 0 aromatic carbocycles. The number of quaternary nitrogens is 3. The highest BCUT2D eigenvalue weighted by Crippen LogP contribution is 2.45. The van der Waals surface area contributed by atoms with E-state index in [1.165, 1.54) is 501 Å². The van der Waals surface area contributed by atoms with Gasteiger partial charge in [0.15, 0.2) is 17.4 Å². The third kappa shape index (κ3) is 95.9. The molecule has 0 radical (unpaired) electrons. The second-order valence-electron chi connectivity index (χ2n) is 46.6. The van der Waals surface area contributed by atoms with Gasteiger partial charge in [0.25, 0.3) is 23.5 Å². The zero-order chi connectivity index (χ0) is 105. The van der Waals surface area contributed by atoms with Crippen LogP contribution in [-0.2, 0) is 69.3 Å². The molecule has 3 aliphatic rings. The van der Waals surface area contributed by atoms with Gasteiger partial charge in [0, 0.05) is 38.5 Å². The van der Waals surface area contributed by atoms with Crippen LogP contribution >= 0.6 is 23.5 Å². The van der Waals surface area contributed by atoms with Crippen LogP contribution in [0.25, 0.3) is 0 Å². The molecule has 6 atom stereocenters. The smallest absolute Gasteiger partial charge is 0.268 e. The molecule has 21 nitrogen and oxygen atoms in total. The Morgan fingerprint density at radius 2 is 0.359 bits per heavy atom. The lowest BCUT2D eigenvalue weighted by Crippen LogP contribution is -2.52. The molecule has 0 spiro atoms. The minimum absolute atomic E-state index is 0. The van der Waals surface area contributed by atoms with Gasteiger partial charge in [-0.3, -0.25) is 13.7 Å². The highest BCUT2D eigenvalue weighted by molar-refractivity contribution is 7.46. The first-order chi connectivity index (χ1) is 69.7. The normalized spacial score (nSPS) is 17.4. The maximum Gasteiger partial charge on any atom is 0.268 e. The number of rotatable bonds is 110. The van der Waals surface area contributed by atoms with E-state index in [1.807, 2.05) is 42.3 Å². The van der Waals surface area contributed by atoms with Gasteiger partial charge in [-0.15, -0.1) is 0 Å². The number of phosphoric ester groups is 3. The van der Waals surface area contributed by atoms with Crippen LogP contribution in [0.15, 0.2) is 0 Å². The Labute approximate surface area is 900 Å². The first-order valence-corrected chi connectivity index (χ1v) is 67.2. The van der Waals surface area contributed by atoms with Crippen molar-refractivity contribution in [3.63, 3.8) is 0 Å². The van der Waals surface area contributed by atoms with Crippen molar-refractivity contribution >= 4 is 23.5 Å². The molecule has 3 rings (SSSR count). The fourth-order valence-corrected chi connectivity index (χ4v) is 22.7. The molecule has 0 aliphatic carbocycles. The molecule has 24 heteroatoms. The van der Waals surface area contributed by atoms with Gasteiger partial charge < -0.3 is 84.9 Å². The van der Waals surface area contributed by atoms with E-state index < -0.39 is 40.8 Å². The maximum absolute atomic E-state index is 12.4. The van der Waals surface area contributed by atoms with Gasteiger partial charge in [-0.25, -0.2) is 0 Å². The summed E-state index contributed by atoms with van der Waals surface area (Å²) >= 11 is 0. The average Bonchev–Trinajstić information content (AvgIpc) is 1.70. The summed E-state index contributed by atoms with van der Waals surface area (Å²) in [5.74, 6) is -1.83. The van der Waals surface area contributed by atoms with Gasteiger partial charge in [0.2, 0.25) is 0 Å². The van der Waals surface area contributed by atoms with E-state index in [0.717, 1.165) is 77.0 Å². The molecule has 3 aliphatic heterocycles. The van der Waals surface area contributed by atoms with Crippen LogP contribution in [0.3, 0.4) is 0 Å². The van der Waals surface area contributed by atoms with E-state index in [9.17, 15) is 28.4 Å². The van der Waals surface area contributed by atoms with E-state index in [2.05, 4.69) is 47.3 Å². The van der Waals surface area contributed by atoms with Crippen LogP contribution in [0.1, 0.15) is 627 Å². The van der Waals surface area contributed by atoms with Crippen molar-refractivity contribution in [2.24, 2.45) is 0 Å². The van der Waals surface area contributed by atoms with Crippen molar-refractivity contribution in [3.8, 4) is 0 Å². The number of likely N-dealkylation sites (N-methyl/N-ethyl adjacent to an activating group) is 2. The first kappa shape index (κ1) is 145. The molecule has 872 valence electrons. The Kier molecular flexibility index (Phi) is 101. The van der Waals surface area contributed by atoms with E-state index in [0.29, 0.717) is 48.4 Å². The van der Waals surface area contributed by atoms with Gasteiger partial charge in [-0.05, 0) is 38.5 Å². The maximum atomic E-state index is 12.4. The number of ether oxygens (including phenoxy) is 6. The van der Waals surface area contributed by atoms with Gasteiger partial charge in [0.05, 0.1) is 88.5 Å². The molecule has 3 fully saturated rings. The highest BCUT2D eigenvalue weighted by Gasteiger charge is 2.44. The zero-order valence-electron chi connectivity index (χ0n) is 97.6. The van der Waals surface area contributed by atoms with Gasteiger partial charge in [-0.2, -0.15) is 0 Å². The third-order valence-corrected chi connectivity index (χ3v) is 32.8. The van der Waals surface area contributed by atoms with Crippen LogP contribution in [-0.4, -0.2) is 166 Å². The predicted molar refractivity (Wildman–Crippen MR) is 609 cm³/mol. The second kappa shape index (κ2) is 101. The van der Waals surface area contributed by atoms with Gasteiger partial charge >= 0.3 is 0 Å². The fourth-order valence-electron chi connectivity index (χ4n) is 20.5. The molecule has 3 heterocycles. The van der Waals surface area contributed by atoms with E-state index in [-0.39, 0.29) is 65.4 Å². The Morgan fingerprint density at radius 1 is 0.228 bits per heavy atom. The molecular formula is C121H250N3O18P3. The second-order valence-corrected chi connectivity index (χ2v) is 50.8. The fraction of sp³-hybridized carbons (Fsp3) is 1.00. The monoisotopic (exact) mass is 2130 g/mol. The lowest BCUT2D eigenvalue weighted by Gasteiger charge is -2.29. The summed E-state index contributed by atoms with van der Waals surface area (Å²) in [4.78, 5) is 36.7. The summed E-state index contributed by atoms with van der Waals surface area (Å²) in [6.07, 6.45) is 116. The number of phosphoric acid groups is 3. The lowest BCUT2D eigenvalue weighted by atomic mass is 9.98. The minimum Gasteiger partial charge on any atom is -0.756 e. The van der Waals surface area contributed by atoms with Crippen LogP contribution in [0, 0.1) is 0 Å². The standard InChI is InChI=1S/2C41H84NO6P.C38H78NO6P.CH4/c2*1-6-8-10-12-14-16-18-20-22-24-26-28-30-32-34-41(35-33-31-29-27-25-23-21-19-17-15-13-11-9-7-2)45-38-40(48-41)39-47-49(43,44)46-37-36-42(3,4)5;1-3-5-7-9-11-13-15-17-19-21-23-25-27-29-31-38(42-35-37(45-38)36-44-46(40,41)43-34-33-39)32-30-28-26-24-22-20-18-16-14-12-10-8-6-4-2;/h2*40H,6-39H2,1-5H3;37H,3-36,39H2,1-2H3,(H,40,41);1H4. The van der Waals surface area contributed by atoms with E-state index >= 15 is 0 Å². The molecule has 3 saturated heterocycles. The summed E-state index contributed by atoms with van der Waals surface area (Å²) in [5.41, 5.74) is 3.61. The molecule has 0 aromatic rings. The number of unbranched alkanes of at least 4 members (excludes halogenated alkanes) is 78. The zero-order valence-corrected chi connectivity index (χ0v) is 100. The van der Waals surface area contributed by atoms with Crippen LogP contribution in [0.5, 0.6) is 0 Å². The number of hydrogen-bond acceptors (Lipinski definition) is 18. The Hall–Kier alpha value is -0.0300. The van der Waals surface area contributed by atoms with Gasteiger partial charge in [0.1, 0.15) is 51.2 Å².